The second kappa shape index (κ2) is 7.30. The van der Waals surface area contributed by atoms with E-state index >= 15 is 0 Å². The highest BCUT2D eigenvalue weighted by molar-refractivity contribution is 8.18. The smallest absolute Gasteiger partial charge is 0.311 e. The molecule has 148 valence electrons. The van der Waals surface area contributed by atoms with E-state index in [1.165, 1.54) is 18.2 Å². The molecule has 2 aromatic rings. The molecular weight excluding hydrogens is 424 g/mol. The minimum Gasteiger partial charge on any atom is -0.502 e. The van der Waals surface area contributed by atoms with E-state index in [9.17, 15) is 24.8 Å². The molecule has 0 bridgehead atoms. The molecule has 0 aliphatic carbocycles. The molecule has 1 N–H and O–H groups in total. The number of hydrogen-bond donors (Lipinski definition) is 1. The lowest BCUT2D eigenvalue weighted by Crippen LogP contribution is -2.27. The maximum atomic E-state index is 12.7. The topological polar surface area (TPSA) is 119 Å². The summed E-state index contributed by atoms with van der Waals surface area (Å²) in [5.74, 6) is -0.231. The first-order valence-corrected chi connectivity index (χ1v) is 9.34. The molecule has 0 atom stereocenters. The Bertz CT molecular complexity index is 1100. The van der Waals surface area contributed by atoms with Gasteiger partial charge in [0.1, 0.15) is 0 Å². The molecule has 4 rings (SSSR count). The van der Waals surface area contributed by atoms with Crippen molar-refractivity contribution in [1.29, 1.82) is 0 Å². The van der Waals surface area contributed by atoms with Gasteiger partial charge in [-0.25, -0.2) is 0 Å². The summed E-state index contributed by atoms with van der Waals surface area (Å²) in [7, 11) is 0. The number of hydrogen-bond acceptors (Lipinski definition) is 8. The van der Waals surface area contributed by atoms with Crippen LogP contribution in [0.3, 0.4) is 0 Å². The number of rotatable bonds is 4. The number of carbonyl (C=O) groups is 2. The average molecular weight is 435 g/mol. The summed E-state index contributed by atoms with van der Waals surface area (Å²) in [4.78, 5) is 36.3. The van der Waals surface area contributed by atoms with E-state index < -0.39 is 27.5 Å². The van der Waals surface area contributed by atoms with Crippen LogP contribution in [0.5, 0.6) is 17.2 Å². The Morgan fingerprint density at radius 2 is 2.00 bits per heavy atom. The van der Waals surface area contributed by atoms with E-state index in [0.29, 0.717) is 33.8 Å². The Hall–Kier alpha value is -3.24. The first kappa shape index (κ1) is 19.1. The number of ether oxygens (including phenoxy) is 2. The van der Waals surface area contributed by atoms with Crippen molar-refractivity contribution in [2.45, 2.75) is 6.54 Å². The van der Waals surface area contributed by atoms with Gasteiger partial charge in [-0.05, 0) is 29.5 Å². The van der Waals surface area contributed by atoms with Gasteiger partial charge in [0.15, 0.2) is 11.5 Å². The summed E-state index contributed by atoms with van der Waals surface area (Å²) in [6.45, 7) is -0.0233. The molecule has 0 aromatic heterocycles. The number of nitro groups is 1. The number of imide groups is 1. The molecule has 1 saturated heterocycles. The van der Waals surface area contributed by atoms with Crippen LogP contribution in [-0.2, 0) is 11.3 Å². The first-order chi connectivity index (χ1) is 13.8. The normalized spacial score (nSPS) is 16.7. The lowest BCUT2D eigenvalue weighted by Gasteiger charge is -2.14. The number of aromatic hydroxyl groups is 1. The number of para-hydroxylation sites is 1. The van der Waals surface area contributed by atoms with Gasteiger partial charge in [0.2, 0.25) is 12.5 Å². The number of nitro benzene ring substituents is 1. The van der Waals surface area contributed by atoms with Gasteiger partial charge in [0, 0.05) is 22.7 Å². The quantitative estimate of drug-likeness (QED) is 0.437. The summed E-state index contributed by atoms with van der Waals surface area (Å²) < 4.78 is 10.5. The Balaban J connectivity index is 1.61. The lowest BCUT2D eigenvalue weighted by atomic mass is 10.1. The van der Waals surface area contributed by atoms with E-state index in [1.807, 2.05) is 0 Å². The number of halogens is 1. The molecule has 0 unspecified atom stereocenters. The van der Waals surface area contributed by atoms with Gasteiger partial charge >= 0.3 is 5.69 Å². The standard InChI is InChI=1S/C18H11ClN2O7S/c19-11-6-14-13(27-8-28-14)4-10(11)7-20-17(23)15(29-18(20)24)5-9-2-1-3-12(16(9)22)21(25)26/h1-6,22H,7-8H2/b15-5-. The molecule has 2 heterocycles. The van der Waals surface area contributed by atoms with Crippen LogP contribution in [0.4, 0.5) is 10.5 Å². The SMILES string of the molecule is O=C1S/C(=C\c2cccc([N+](=O)[O-])c2O)C(=O)N1Cc1cc2c(cc1Cl)OCO2. The third-order valence-electron chi connectivity index (χ3n) is 4.27. The van der Waals surface area contributed by atoms with Crippen LogP contribution in [-0.4, -0.2) is 32.9 Å². The molecule has 11 heteroatoms. The van der Waals surface area contributed by atoms with Crippen LogP contribution in [0.2, 0.25) is 5.02 Å². The van der Waals surface area contributed by atoms with Crippen molar-refractivity contribution in [2.75, 3.05) is 6.79 Å². The van der Waals surface area contributed by atoms with E-state index in [4.69, 9.17) is 21.1 Å². The Morgan fingerprint density at radius 1 is 1.28 bits per heavy atom. The van der Waals surface area contributed by atoms with Crippen LogP contribution in [0.25, 0.3) is 6.08 Å². The number of fused-ring (bicyclic) bond motifs is 1. The number of phenols is 1. The van der Waals surface area contributed by atoms with E-state index in [1.54, 1.807) is 12.1 Å². The molecule has 0 saturated carbocycles. The van der Waals surface area contributed by atoms with Gasteiger partial charge in [-0.15, -0.1) is 0 Å². The molecule has 2 aliphatic rings. The van der Waals surface area contributed by atoms with Crippen molar-refractivity contribution in [3.05, 3.63) is 61.5 Å². The Kier molecular flexibility index (Phi) is 4.81. The predicted octanol–water partition coefficient (Wildman–Crippen LogP) is 3.92. The van der Waals surface area contributed by atoms with Crippen molar-refractivity contribution in [2.24, 2.45) is 0 Å². The highest BCUT2D eigenvalue weighted by atomic mass is 35.5. The number of amides is 2. The second-order valence-electron chi connectivity index (χ2n) is 6.04. The molecule has 2 aliphatic heterocycles. The zero-order valence-corrected chi connectivity index (χ0v) is 16.0. The number of benzene rings is 2. The van der Waals surface area contributed by atoms with Gasteiger partial charge in [-0.2, -0.15) is 0 Å². The fourth-order valence-electron chi connectivity index (χ4n) is 2.84. The molecule has 9 nitrogen and oxygen atoms in total. The van der Waals surface area contributed by atoms with Crippen LogP contribution < -0.4 is 9.47 Å². The number of thioether (sulfide) groups is 1. The summed E-state index contributed by atoms with van der Waals surface area (Å²) >= 11 is 6.88. The zero-order chi connectivity index (χ0) is 20.7. The van der Waals surface area contributed by atoms with Crippen LogP contribution in [0.1, 0.15) is 11.1 Å². The van der Waals surface area contributed by atoms with E-state index in [0.717, 1.165) is 11.0 Å². The highest BCUT2D eigenvalue weighted by Crippen LogP contribution is 2.40. The number of phenolic OH excluding ortho intramolecular Hbond substituents is 1. The third kappa shape index (κ3) is 3.47. The minimum absolute atomic E-state index is 0.0302. The number of carbonyl (C=O) groups excluding carboxylic acids is 2. The molecule has 0 radical (unpaired) electrons. The van der Waals surface area contributed by atoms with Gasteiger partial charge in [-0.3, -0.25) is 24.6 Å². The lowest BCUT2D eigenvalue weighted by molar-refractivity contribution is -0.385. The van der Waals surface area contributed by atoms with Crippen molar-refractivity contribution in [1.82, 2.24) is 4.90 Å². The molecule has 29 heavy (non-hydrogen) atoms. The van der Waals surface area contributed by atoms with E-state index in [2.05, 4.69) is 0 Å². The molecule has 2 amide bonds. The molecule has 0 spiro atoms. The van der Waals surface area contributed by atoms with Crippen LogP contribution >= 0.6 is 23.4 Å². The monoisotopic (exact) mass is 434 g/mol. The van der Waals surface area contributed by atoms with Crippen LogP contribution in [0.15, 0.2) is 35.2 Å². The molecular formula is C18H11ClN2O7S. The fourth-order valence-corrected chi connectivity index (χ4v) is 3.88. The van der Waals surface area contributed by atoms with Crippen molar-refractivity contribution in [3.63, 3.8) is 0 Å². The van der Waals surface area contributed by atoms with Crippen molar-refractivity contribution >= 4 is 46.3 Å². The number of nitrogens with zero attached hydrogens (tertiary/aromatic N) is 2. The second-order valence-corrected chi connectivity index (χ2v) is 7.44. The highest BCUT2D eigenvalue weighted by Gasteiger charge is 2.36. The Morgan fingerprint density at radius 3 is 2.72 bits per heavy atom. The first-order valence-electron chi connectivity index (χ1n) is 8.15. The van der Waals surface area contributed by atoms with E-state index in [-0.39, 0.29) is 23.8 Å². The van der Waals surface area contributed by atoms with Crippen molar-refractivity contribution < 1.29 is 29.1 Å². The summed E-state index contributed by atoms with van der Waals surface area (Å²) in [5.41, 5.74) is 0.0635. The van der Waals surface area contributed by atoms with Gasteiger partial charge in [-0.1, -0.05) is 23.7 Å². The summed E-state index contributed by atoms with van der Waals surface area (Å²) in [6, 6.07) is 7.07. The Labute approximate surface area is 172 Å². The third-order valence-corrected chi connectivity index (χ3v) is 5.53. The van der Waals surface area contributed by atoms with Gasteiger partial charge in [0.25, 0.3) is 11.1 Å². The minimum atomic E-state index is -0.736. The predicted molar refractivity (Wildman–Crippen MR) is 104 cm³/mol. The van der Waals surface area contributed by atoms with Gasteiger partial charge in [0.05, 0.1) is 16.4 Å². The summed E-state index contributed by atoms with van der Waals surface area (Å²) in [5, 5.41) is 20.8. The maximum Gasteiger partial charge on any atom is 0.311 e. The largest absolute Gasteiger partial charge is 0.502 e. The molecule has 1 fully saturated rings. The zero-order valence-electron chi connectivity index (χ0n) is 14.5. The fraction of sp³-hybridized carbons (Fsp3) is 0.111. The average Bonchev–Trinajstić information content (AvgIpc) is 3.22. The van der Waals surface area contributed by atoms with Crippen LogP contribution in [0, 0.1) is 10.1 Å². The molecule has 2 aromatic carbocycles. The summed E-state index contributed by atoms with van der Waals surface area (Å²) in [6.07, 6.45) is 1.24. The van der Waals surface area contributed by atoms with Crippen molar-refractivity contribution in [3.8, 4) is 17.2 Å². The van der Waals surface area contributed by atoms with Gasteiger partial charge < -0.3 is 14.6 Å². The maximum absolute atomic E-state index is 12.7.